The van der Waals surface area contributed by atoms with Gasteiger partial charge in [0.2, 0.25) is 10.0 Å². The summed E-state index contributed by atoms with van der Waals surface area (Å²) >= 11 is 5.96. The van der Waals surface area contributed by atoms with Gasteiger partial charge in [0.1, 0.15) is 5.75 Å². The van der Waals surface area contributed by atoms with E-state index in [0.717, 1.165) is 5.56 Å². The van der Waals surface area contributed by atoms with Crippen molar-refractivity contribution < 1.29 is 13.2 Å². The number of halogens is 1. The molecule has 0 saturated heterocycles. The molecule has 0 amide bonds. The number of nitrogens with zero attached hydrogens (tertiary/aromatic N) is 1. The number of pyridine rings is 1. The zero-order valence-corrected chi connectivity index (χ0v) is 13.1. The third-order valence-electron chi connectivity index (χ3n) is 2.95. The third-order valence-corrected chi connectivity index (χ3v) is 4.78. The SMILES string of the molecule is COc1ccc(S(=O)(=O)NC(C)c2cccnc2)cc1Cl. The molecule has 0 fully saturated rings. The lowest BCUT2D eigenvalue weighted by molar-refractivity contribution is 0.414. The molecule has 0 saturated carbocycles. The van der Waals surface area contributed by atoms with Crippen molar-refractivity contribution in [1.82, 2.24) is 9.71 Å². The van der Waals surface area contributed by atoms with E-state index >= 15 is 0 Å². The number of hydrogen-bond acceptors (Lipinski definition) is 4. The van der Waals surface area contributed by atoms with Gasteiger partial charge in [-0.1, -0.05) is 17.7 Å². The van der Waals surface area contributed by atoms with Crippen molar-refractivity contribution >= 4 is 21.6 Å². The number of sulfonamides is 1. The first-order valence-corrected chi connectivity index (χ1v) is 8.06. The van der Waals surface area contributed by atoms with Crippen LogP contribution < -0.4 is 9.46 Å². The van der Waals surface area contributed by atoms with Crippen molar-refractivity contribution in [2.75, 3.05) is 7.11 Å². The van der Waals surface area contributed by atoms with Gasteiger partial charge in [0.15, 0.2) is 0 Å². The molecular formula is C14H15ClN2O3S. The summed E-state index contributed by atoms with van der Waals surface area (Å²) in [5.74, 6) is 0.427. The maximum absolute atomic E-state index is 12.3. The Morgan fingerprint density at radius 2 is 2.10 bits per heavy atom. The van der Waals surface area contributed by atoms with Crippen LogP contribution in [-0.2, 0) is 10.0 Å². The Bertz CT molecular complexity index is 720. The van der Waals surface area contributed by atoms with E-state index in [0.29, 0.717) is 5.75 Å². The molecule has 1 aromatic carbocycles. The van der Waals surface area contributed by atoms with Gasteiger partial charge in [0, 0.05) is 18.4 Å². The van der Waals surface area contributed by atoms with Crippen LogP contribution in [0.5, 0.6) is 5.75 Å². The summed E-state index contributed by atoms with van der Waals surface area (Å²) in [6.07, 6.45) is 3.25. The van der Waals surface area contributed by atoms with Crippen molar-refractivity contribution in [3.05, 3.63) is 53.3 Å². The molecule has 2 rings (SSSR count). The fourth-order valence-electron chi connectivity index (χ4n) is 1.82. The van der Waals surface area contributed by atoms with Crippen molar-refractivity contribution in [3.8, 4) is 5.75 Å². The van der Waals surface area contributed by atoms with Crippen molar-refractivity contribution in [2.45, 2.75) is 17.9 Å². The Balaban J connectivity index is 2.24. The largest absolute Gasteiger partial charge is 0.495 e. The molecule has 2 aromatic rings. The lowest BCUT2D eigenvalue weighted by Crippen LogP contribution is -2.27. The first-order chi connectivity index (χ1) is 9.94. The van der Waals surface area contributed by atoms with Gasteiger partial charge in [-0.15, -0.1) is 0 Å². The molecule has 1 N–H and O–H groups in total. The molecule has 1 unspecified atom stereocenters. The summed E-state index contributed by atoms with van der Waals surface area (Å²) in [5, 5.41) is 0.245. The lowest BCUT2D eigenvalue weighted by Gasteiger charge is -2.14. The normalized spacial score (nSPS) is 12.9. The van der Waals surface area contributed by atoms with Gasteiger partial charge >= 0.3 is 0 Å². The maximum Gasteiger partial charge on any atom is 0.241 e. The summed E-state index contributed by atoms with van der Waals surface area (Å²) in [7, 11) is -2.20. The highest BCUT2D eigenvalue weighted by atomic mass is 35.5. The Morgan fingerprint density at radius 3 is 2.67 bits per heavy atom. The fraction of sp³-hybridized carbons (Fsp3) is 0.214. The van der Waals surface area contributed by atoms with Crippen LogP contribution in [0.25, 0.3) is 0 Å². The number of hydrogen-bond donors (Lipinski definition) is 1. The van der Waals surface area contributed by atoms with Crippen LogP contribution in [-0.4, -0.2) is 20.5 Å². The number of benzene rings is 1. The Morgan fingerprint density at radius 1 is 1.33 bits per heavy atom. The summed E-state index contributed by atoms with van der Waals surface area (Å²) in [4.78, 5) is 4.06. The van der Waals surface area contributed by atoms with Gasteiger partial charge in [-0.3, -0.25) is 4.98 Å². The quantitative estimate of drug-likeness (QED) is 0.917. The standard InChI is InChI=1S/C14H15ClN2O3S/c1-10(11-4-3-7-16-9-11)17-21(18,19)12-5-6-14(20-2)13(15)8-12/h3-10,17H,1-2H3. The summed E-state index contributed by atoms with van der Waals surface area (Å²) in [6, 6.07) is 7.49. The van der Waals surface area contributed by atoms with Crippen LogP contribution in [0.2, 0.25) is 5.02 Å². The lowest BCUT2D eigenvalue weighted by atomic mass is 10.2. The zero-order chi connectivity index (χ0) is 15.5. The highest BCUT2D eigenvalue weighted by molar-refractivity contribution is 7.89. The van der Waals surface area contributed by atoms with E-state index in [1.54, 1.807) is 31.5 Å². The van der Waals surface area contributed by atoms with Crippen molar-refractivity contribution in [1.29, 1.82) is 0 Å². The van der Waals surface area contributed by atoms with E-state index in [1.807, 2.05) is 0 Å². The number of nitrogens with one attached hydrogen (secondary N) is 1. The predicted molar refractivity (Wildman–Crippen MR) is 81.0 cm³/mol. The highest BCUT2D eigenvalue weighted by Crippen LogP contribution is 2.27. The van der Waals surface area contributed by atoms with Crippen molar-refractivity contribution in [3.63, 3.8) is 0 Å². The smallest absolute Gasteiger partial charge is 0.241 e. The molecule has 21 heavy (non-hydrogen) atoms. The third kappa shape index (κ3) is 3.72. The summed E-state index contributed by atoms with van der Waals surface area (Å²) < 4.78 is 32.3. The minimum Gasteiger partial charge on any atom is -0.495 e. The molecule has 0 aliphatic carbocycles. The van der Waals surface area contributed by atoms with Gasteiger partial charge in [-0.05, 0) is 36.8 Å². The Hall–Kier alpha value is -1.63. The van der Waals surface area contributed by atoms with E-state index in [-0.39, 0.29) is 9.92 Å². The van der Waals surface area contributed by atoms with E-state index in [1.165, 1.54) is 25.3 Å². The highest BCUT2D eigenvalue weighted by Gasteiger charge is 2.19. The molecule has 0 spiro atoms. The first-order valence-electron chi connectivity index (χ1n) is 6.20. The Labute approximate surface area is 129 Å². The Kier molecular flexibility index (Phi) is 4.82. The average Bonchev–Trinajstić information content (AvgIpc) is 2.47. The fourth-order valence-corrected chi connectivity index (χ4v) is 3.40. The summed E-state index contributed by atoms with van der Waals surface area (Å²) in [6.45, 7) is 1.75. The maximum atomic E-state index is 12.3. The molecule has 0 aliphatic rings. The number of methoxy groups -OCH3 is 1. The number of aromatic nitrogens is 1. The van der Waals surface area contributed by atoms with Gasteiger partial charge in [0.25, 0.3) is 0 Å². The van der Waals surface area contributed by atoms with Gasteiger partial charge in [-0.2, -0.15) is 0 Å². The van der Waals surface area contributed by atoms with Gasteiger partial charge in [0.05, 0.1) is 17.0 Å². The van der Waals surface area contributed by atoms with E-state index < -0.39 is 16.1 Å². The number of ether oxygens (including phenoxy) is 1. The van der Waals surface area contributed by atoms with E-state index in [2.05, 4.69) is 9.71 Å². The van der Waals surface area contributed by atoms with Crippen LogP contribution >= 0.6 is 11.6 Å². The second kappa shape index (κ2) is 6.43. The molecule has 112 valence electrons. The van der Waals surface area contributed by atoms with Crippen LogP contribution in [0.3, 0.4) is 0 Å². The molecule has 1 aromatic heterocycles. The van der Waals surface area contributed by atoms with Gasteiger partial charge in [-0.25, -0.2) is 13.1 Å². The molecule has 0 aliphatic heterocycles. The molecule has 1 heterocycles. The molecule has 0 bridgehead atoms. The molecule has 5 nitrogen and oxygen atoms in total. The average molecular weight is 327 g/mol. The topological polar surface area (TPSA) is 68.3 Å². The van der Waals surface area contributed by atoms with Crippen LogP contribution in [0.1, 0.15) is 18.5 Å². The molecule has 1 atom stereocenters. The monoisotopic (exact) mass is 326 g/mol. The first kappa shape index (κ1) is 15.8. The molecule has 7 heteroatoms. The second-order valence-electron chi connectivity index (χ2n) is 4.43. The van der Waals surface area contributed by atoms with Crippen LogP contribution in [0, 0.1) is 0 Å². The predicted octanol–water partition coefficient (Wildman–Crippen LogP) is 2.78. The van der Waals surface area contributed by atoms with Gasteiger partial charge < -0.3 is 4.74 Å². The van der Waals surface area contributed by atoms with E-state index in [9.17, 15) is 8.42 Å². The summed E-state index contributed by atoms with van der Waals surface area (Å²) in [5.41, 5.74) is 0.778. The van der Waals surface area contributed by atoms with Crippen molar-refractivity contribution in [2.24, 2.45) is 0 Å². The zero-order valence-electron chi connectivity index (χ0n) is 11.6. The molecule has 0 radical (unpaired) electrons. The van der Waals surface area contributed by atoms with E-state index in [4.69, 9.17) is 16.3 Å². The van der Waals surface area contributed by atoms with Crippen LogP contribution in [0.4, 0.5) is 0 Å². The minimum atomic E-state index is -3.67. The van der Waals surface area contributed by atoms with Crippen LogP contribution in [0.15, 0.2) is 47.6 Å². The minimum absolute atomic E-state index is 0.0871. The second-order valence-corrected chi connectivity index (χ2v) is 6.55. The molecular weight excluding hydrogens is 312 g/mol. The number of rotatable bonds is 5.